The first kappa shape index (κ1) is 13.9. The van der Waals surface area contributed by atoms with E-state index in [1.165, 1.54) is 24.3 Å². The summed E-state index contributed by atoms with van der Waals surface area (Å²) in [5.74, 6) is 0.408. The van der Waals surface area contributed by atoms with Crippen molar-refractivity contribution in [1.29, 1.82) is 0 Å². The van der Waals surface area contributed by atoms with Gasteiger partial charge >= 0.3 is 5.97 Å². The number of ether oxygens (including phenoxy) is 2. The van der Waals surface area contributed by atoms with Crippen LogP contribution in [0.2, 0.25) is 0 Å². The summed E-state index contributed by atoms with van der Waals surface area (Å²) >= 11 is 0. The van der Waals surface area contributed by atoms with Crippen LogP contribution in [0.1, 0.15) is 27.0 Å². The second-order valence-corrected chi connectivity index (χ2v) is 6.08. The average Bonchev–Trinajstić information content (AvgIpc) is 2.88. The van der Waals surface area contributed by atoms with Crippen LogP contribution in [-0.2, 0) is 10.3 Å². The molecule has 5 nitrogen and oxygen atoms in total. The Labute approximate surface area is 142 Å². The van der Waals surface area contributed by atoms with Crippen molar-refractivity contribution in [2.24, 2.45) is 0 Å². The molecule has 0 aliphatic carbocycles. The molecule has 0 aromatic heterocycles. The lowest BCUT2D eigenvalue weighted by Crippen LogP contribution is -2.32. The molecule has 3 aromatic carbocycles. The van der Waals surface area contributed by atoms with Crippen molar-refractivity contribution in [3.05, 3.63) is 82.9 Å². The first-order chi connectivity index (χ1) is 12.1. The molecule has 2 aliphatic rings. The lowest BCUT2D eigenvalue weighted by Gasteiger charge is -2.36. The van der Waals surface area contributed by atoms with Gasteiger partial charge in [0.05, 0.1) is 5.56 Å². The zero-order chi connectivity index (χ0) is 17.2. The SMILES string of the molecule is O=C1O[14C]2(c3ccc(O)cc3Oc3cc(O)ccc32)c2ccccc21. The summed E-state index contributed by atoms with van der Waals surface area (Å²) < 4.78 is 11.8. The molecule has 2 N–H and O–H groups in total. The minimum Gasteiger partial charge on any atom is -0.508 e. The van der Waals surface area contributed by atoms with Crippen LogP contribution in [0.25, 0.3) is 0 Å². The van der Waals surface area contributed by atoms with E-state index >= 15 is 0 Å². The van der Waals surface area contributed by atoms with Crippen LogP contribution in [0.4, 0.5) is 0 Å². The summed E-state index contributed by atoms with van der Waals surface area (Å²) in [5, 5.41) is 19.7. The Morgan fingerprint density at radius 2 is 1.36 bits per heavy atom. The highest BCUT2D eigenvalue weighted by Gasteiger charge is 2.53. The maximum Gasteiger partial charge on any atom is 0.340 e. The fraction of sp³-hybridized carbons (Fsp3) is 0.0500. The van der Waals surface area contributed by atoms with Gasteiger partial charge in [-0.15, -0.1) is 0 Å². The number of hydrogen-bond donors (Lipinski definition) is 2. The van der Waals surface area contributed by atoms with Gasteiger partial charge < -0.3 is 19.7 Å². The number of rotatable bonds is 0. The second kappa shape index (κ2) is 4.54. The number of carbonyl (C=O) groups is 1. The van der Waals surface area contributed by atoms with Crippen LogP contribution in [0.5, 0.6) is 23.0 Å². The molecule has 0 amide bonds. The minimum atomic E-state index is -1.17. The zero-order valence-corrected chi connectivity index (χ0v) is 12.9. The smallest absolute Gasteiger partial charge is 0.340 e. The Morgan fingerprint density at radius 3 is 2.00 bits per heavy atom. The molecule has 2 aliphatic heterocycles. The Morgan fingerprint density at radius 1 is 0.760 bits per heavy atom. The highest BCUT2D eigenvalue weighted by Crippen LogP contribution is 2.56. The van der Waals surface area contributed by atoms with E-state index in [0.29, 0.717) is 33.8 Å². The quantitative estimate of drug-likeness (QED) is 0.614. The highest BCUT2D eigenvalue weighted by atomic mass is 16.8. The number of fused-ring (bicyclic) bond motifs is 6. The third-order valence-corrected chi connectivity index (χ3v) is 4.68. The predicted octanol–water partition coefficient (Wildman–Crippen LogP) is 3.67. The lowest BCUT2D eigenvalue weighted by atomic mass is 10.1. The van der Waals surface area contributed by atoms with Crippen LogP contribution >= 0.6 is 0 Å². The molecule has 3 aromatic rings. The molecule has 5 heteroatoms. The van der Waals surface area contributed by atoms with Gasteiger partial charge in [-0.05, 0) is 30.3 Å². The topological polar surface area (TPSA) is 76.0 Å². The number of phenols is 2. The number of phenolic OH excluding ortho intramolecular Hbond substituents is 2. The fourth-order valence-corrected chi connectivity index (χ4v) is 3.65. The summed E-state index contributed by atoms with van der Waals surface area (Å²) in [6, 6.07) is 16.6. The first-order valence-electron chi connectivity index (χ1n) is 7.77. The molecule has 5 rings (SSSR count). The molecule has 1 spiro atoms. The molecule has 0 fully saturated rings. The van der Waals surface area contributed by atoms with Crippen molar-refractivity contribution in [2.75, 3.05) is 0 Å². The van der Waals surface area contributed by atoms with Gasteiger partial charge in [0.15, 0.2) is 5.60 Å². The van der Waals surface area contributed by atoms with E-state index < -0.39 is 11.6 Å². The summed E-state index contributed by atoms with van der Waals surface area (Å²) in [7, 11) is 0. The van der Waals surface area contributed by atoms with E-state index in [2.05, 4.69) is 0 Å². The minimum absolute atomic E-state index is 0.0371. The van der Waals surface area contributed by atoms with Gasteiger partial charge in [-0.2, -0.15) is 0 Å². The van der Waals surface area contributed by atoms with E-state index in [9.17, 15) is 15.0 Å². The molecular weight excluding hydrogens is 322 g/mol. The predicted molar refractivity (Wildman–Crippen MR) is 88.0 cm³/mol. The van der Waals surface area contributed by atoms with Crippen LogP contribution in [0.15, 0.2) is 60.7 Å². The Kier molecular flexibility index (Phi) is 2.53. The molecule has 0 atom stereocenters. The first-order valence-corrected chi connectivity index (χ1v) is 7.77. The molecule has 0 saturated heterocycles. The maximum absolute atomic E-state index is 12.5. The Bertz CT molecular complexity index is 1000. The van der Waals surface area contributed by atoms with Crippen LogP contribution in [0, 0.1) is 0 Å². The number of hydrogen-bond acceptors (Lipinski definition) is 5. The standard InChI is InChI=1S/C20H12O5/c21-11-5-7-15-17(9-11)24-18-10-12(22)6-8-16(18)20(15)14-4-2-1-3-13(14)19(23)25-20/h1-10,21-22H/i20+2. The molecule has 25 heavy (non-hydrogen) atoms. The van der Waals surface area contributed by atoms with Crippen LogP contribution in [-0.4, -0.2) is 16.2 Å². The van der Waals surface area contributed by atoms with Gasteiger partial charge in [0, 0.05) is 28.8 Å². The van der Waals surface area contributed by atoms with Crippen molar-refractivity contribution in [3.8, 4) is 23.0 Å². The van der Waals surface area contributed by atoms with Crippen molar-refractivity contribution < 1.29 is 24.5 Å². The van der Waals surface area contributed by atoms with E-state index in [4.69, 9.17) is 9.47 Å². The molecular formula is C20H12O5. The highest BCUT2D eigenvalue weighted by molar-refractivity contribution is 5.97. The lowest BCUT2D eigenvalue weighted by molar-refractivity contribution is 0.0224. The Balaban J connectivity index is 1.91. The fourth-order valence-electron chi connectivity index (χ4n) is 3.65. The summed E-state index contributed by atoms with van der Waals surface area (Å²) in [4.78, 5) is 12.5. The van der Waals surface area contributed by atoms with E-state index in [0.717, 1.165) is 0 Å². The van der Waals surface area contributed by atoms with E-state index in [1.54, 1.807) is 24.3 Å². The largest absolute Gasteiger partial charge is 0.508 e. The molecule has 0 saturated carbocycles. The molecule has 0 bridgehead atoms. The summed E-state index contributed by atoms with van der Waals surface area (Å²) in [5.41, 5.74) is 1.28. The average molecular weight is 334 g/mol. The summed E-state index contributed by atoms with van der Waals surface area (Å²) in [6.45, 7) is 0. The van der Waals surface area contributed by atoms with Gasteiger partial charge in [-0.3, -0.25) is 0 Å². The summed E-state index contributed by atoms with van der Waals surface area (Å²) in [6.07, 6.45) is 0. The molecule has 122 valence electrons. The van der Waals surface area contributed by atoms with Gasteiger partial charge in [-0.1, -0.05) is 18.2 Å². The molecule has 0 unspecified atom stereocenters. The van der Waals surface area contributed by atoms with Gasteiger partial charge in [0.2, 0.25) is 0 Å². The molecule has 0 radical (unpaired) electrons. The zero-order valence-electron chi connectivity index (χ0n) is 12.9. The van der Waals surface area contributed by atoms with Crippen molar-refractivity contribution in [2.45, 2.75) is 5.60 Å². The van der Waals surface area contributed by atoms with Crippen LogP contribution < -0.4 is 4.74 Å². The monoisotopic (exact) mass is 334 g/mol. The van der Waals surface area contributed by atoms with Crippen molar-refractivity contribution in [3.63, 3.8) is 0 Å². The van der Waals surface area contributed by atoms with Gasteiger partial charge in [-0.25, -0.2) is 4.79 Å². The van der Waals surface area contributed by atoms with E-state index in [1.807, 2.05) is 12.1 Å². The number of carbonyl (C=O) groups excluding carboxylic acids is 1. The van der Waals surface area contributed by atoms with Crippen LogP contribution in [0.3, 0.4) is 0 Å². The van der Waals surface area contributed by atoms with Gasteiger partial charge in [0.1, 0.15) is 23.0 Å². The third-order valence-electron chi connectivity index (χ3n) is 4.68. The maximum atomic E-state index is 12.5. The number of aromatic hydroxyl groups is 2. The van der Waals surface area contributed by atoms with Crippen molar-refractivity contribution >= 4 is 5.97 Å². The second-order valence-electron chi connectivity index (χ2n) is 6.08. The Hall–Kier alpha value is -3.47. The molecule has 2 heterocycles. The third kappa shape index (κ3) is 1.69. The van der Waals surface area contributed by atoms with Crippen molar-refractivity contribution in [1.82, 2.24) is 0 Å². The number of esters is 1. The van der Waals surface area contributed by atoms with E-state index in [-0.39, 0.29) is 11.5 Å². The van der Waals surface area contributed by atoms with Gasteiger partial charge in [0.25, 0.3) is 0 Å². The normalized spacial score (nSPS) is 15.8. The number of benzene rings is 3.